The predicted octanol–water partition coefficient (Wildman–Crippen LogP) is 16.8. The fourth-order valence-electron chi connectivity index (χ4n) is 13.8. The van der Waals surface area contributed by atoms with Crippen LogP contribution in [0.3, 0.4) is 0 Å². The van der Waals surface area contributed by atoms with E-state index in [0.717, 1.165) is 0 Å². The quantitative estimate of drug-likeness (QED) is 0.170. The van der Waals surface area contributed by atoms with E-state index in [-0.39, 0.29) is 10.8 Å². The van der Waals surface area contributed by atoms with E-state index >= 15 is 0 Å². The van der Waals surface area contributed by atoms with Gasteiger partial charge in [0.25, 0.3) is 0 Å². The smallest absolute Gasteiger partial charge is 0.0726 e. The number of H-pyrrole nitrogens is 1. The van der Waals surface area contributed by atoms with E-state index in [1.807, 2.05) is 0 Å². The van der Waals surface area contributed by atoms with Crippen LogP contribution in [0, 0.1) is 0 Å². The van der Waals surface area contributed by atoms with Crippen LogP contribution in [0.5, 0.6) is 0 Å². The van der Waals surface area contributed by atoms with Crippen molar-refractivity contribution in [1.29, 1.82) is 0 Å². The fourth-order valence-corrected chi connectivity index (χ4v) is 13.8. The Morgan fingerprint density at radius 2 is 0.629 bits per heavy atom. The summed E-state index contributed by atoms with van der Waals surface area (Å²) in [7, 11) is 0. The number of nitrogens with one attached hydrogen (secondary N) is 1. The number of hydrogen-bond acceptors (Lipinski definition) is 0. The number of hydrogen-bond donors (Lipinski definition) is 1. The number of rotatable bonds is 1. The van der Waals surface area contributed by atoms with Crippen molar-refractivity contribution in [2.45, 2.75) is 10.8 Å². The first-order valence-electron chi connectivity index (χ1n) is 24.5. The molecule has 2 spiro atoms. The standard InChI is InChI=1S/C37H23N.C31H19N/c1-2-12-24(13-3-1)38-35-21-11-7-17-28(35)30-22-29-27-16-6-10-20-33(27)37(34(29)23-36(30)38)31-18-8-4-14-25(31)26-15-5-9-19-32(26)37;1-5-13-25-19(9-1)20-10-2-6-14-26(20)31(25)27-15-7-3-11-21(27)23-17-24-22-12-4-8-16-29(22)32-30(24)18-28(23)31/h1-23H;1-18,32H. The zero-order valence-electron chi connectivity index (χ0n) is 38.1. The second kappa shape index (κ2) is 13.8. The van der Waals surface area contributed by atoms with E-state index < -0.39 is 0 Å². The molecule has 0 radical (unpaired) electrons. The van der Waals surface area contributed by atoms with E-state index in [4.69, 9.17) is 0 Å². The van der Waals surface area contributed by atoms with Gasteiger partial charge < -0.3 is 9.55 Å². The van der Waals surface area contributed by atoms with Gasteiger partial charge in [0.05, 0.1) is 21.9 Å². The van der Waals surface area contributed by atoms with E-state index in [0.29, 0.717) is 0 Å². The van der Waals surface area contributed by atoms with Gasteiger partial charge in [-0.15, -0.1) is 0 Å². The first-order valence-corrected chi connectivity index (χ1v) is 24.5. The van der Waals surface area contributed by atoms with Crippen LogP contribution in [0.2, 0.25) is 0 Å². The minimum atomic E-state index is -0.328. The Bertz CT molecular complexity index is 4280. The third kappa shape index (κ3) is 4.64. The Kier molecular flexibility index (Phi) is 7.51. The van der Waals surface area contributed by atoms with Gasteiger partial charge in [0.15, 0.2) is 0 Å². The van der Waals surface area contributed by atoms with E-state index in [1.165, 1.54) is 138 Å². The molecule has 2 nitrogen and oxygen atoms in total. The Labute approximate surface area is 405 Å². The van der Waals surface area contributed by atoms with E-state index in [2.05, 4.69) is 258 Å². The highest BCUT2D eigenvalue weighted by molar-refractivity contribution is 6.13. The molecule has 324 valence electrons. The third-order valence-electron chi connectivity index (χ3n) is 16.4. The monoisotopic (exact) mass is 886 g/mol. The molecule has 1 N–H and O–H groups in total. The van der Waals surface area contributed by atoms with E-state index in [1.54, 1.807) is 0 Å². The molecular formula is C68H42N2. The van der Waals surface area contributed by atoms with Crippen LogP contribution in [0.1, 0.15) is 44.5 Å². The highest BCUT2D eigenvalue weighted by Crippen LogP contribution is 2.65. The zero-order chi connectivity index (χ0) is 45.7. The van der Waals surface area contributed by atoms with Gasteiger partial charge in [-0.3, -0.25) is 0 Å². The highest BCUT2D eigenvalue weighted by atomic mass is 15.0. The molecule has 13 aromatic rings. The molecule has 0 atom stereocenters. The average Bonchev–Trinajstić information content (AvgIpc) is 4.25. The largest absolute Gasteiger partial charge is 0.355 e. The van der Waals surface area contributed by atoms with Crippen LogP contribution in [0.4, 0.5) is 0 Å². The maximum atomic E-state index is 3.69. The molecule has 4 aliphatic rings. The number of fused-ring (bicyclic) bond motifs is 26. The lowest BCUT2D eigenvalue weighted by Crippen LogP contribution is -2.25. The fraction of sp³-hybridized carbons (Fsp3) is 0.0294. The number of aromatic nitrogens is 2. The summed E-state index contributed by atoms with van der Waals surface area (Å²) in [6.45, 7) is 0. The summed E-state index contributed by atoms with van der Waals surface area (Å²) >= 11 is 0. The molecule has 11 aromatic carbocycles. The molecule has 0 fully saturated rings. The molecule has 0 bridgehead atoms. The van der Waals surface area contributed by atoms with Crippen molar-refractivity contribution in [3.8, 4) is 50.2 Å². The molecular weight excluding hydrogens is 845 g/mol. The first-order chi connectivity index (χ1) is 34.7. The van der Waals surface area contributed by atoms with Crippen molar-refractivity contribution in [1.82, 2.24) is 9.55 Å². The molecule has 2 heteroatoms. The normalized spacial score (nSPS) is 14.2. The van der Waals surface area contributed by atoms with Crippen molar-refractivity contribution in [2.24, 2.45) is 0 Å². The Balaban J connectivity index is 0.000000123. The first kappa shape index (κ1) is 38.0. The molecule has 2 heterocycles. The molecule has 17 rings (SSSR count). The molecule has 0 unspecified atom stereocenters. The Morgan fingerprint density at radius 1 is 0.243 bits per heavy atom. The van der Waals surface area contributed by atoms with Crippen LogP contribution in [-0.4, -0.2) is 9.55 Å². The van der Waals surface area contributed by atoms with Gasteiger partial charge in [-0.05, 0) is 138 Å². The number of aromatic amines is 1. The second-order valence-electron chi connectivity index (χ2n) is 19.5. The molecule has 0 saturated carbocycles. The summed E-state index contributed by atoms with van der Waals surface area (Å²) < 4.78 is 2.44. The Hall–Kier alpha value is -8.98. The van der Waals surface area contributed by atoms with Gasteiger partial charge in [-0.25, -0.2) is 0 Å². The molecule has 0 amide bonds. The van der Waals surface area contributed by atoms with Crippen molar-refractivity contribution in [3.05, 3.63) is 293 Å². The lowest BCUT2D eigenvalue weighted by Gasteiger charge is -2.30. The van der Waals surface area contributed by atoms with Gasteiger partial charge in [-0.2, -0.15) is 0 Å². The summed E-state index contributed by atoms with van der Waals surface area (Å²) in [6, 6.07) is 92.0. The predicted molar refractivity (Wildman–Crippen MR) is 289 cm³/mol. The molecule has 0 aliphatic heterocycles. The molecule has 70 heavy (non-hydrogen) atoms. The second-order valence-corrected chi connectivity index (χ2v) is 19.5. The lowest BCUT2D eigenvalue weighted by atomic mass is 9.70. The molecule has 4 aliphatic carbocycles. The highest BCUT2D eigenvalue weighted by Gasteiger charge is 2.53. The van der Waals surface area contributed by atoms with Crippen molar-refractivity contribution >= 4 is 43.6 Å². The SMILES string of the molecule is c1ccc(-n2c3ccccc3c3cc4c(cc32)C2(c3ccccc3-c3ccccc32)c2ccccc2-4)cc1.c1ccc2c(c1)-c1ccccc1C21c2ccccc2-c2cc3c(cc21)[nH]c1ccccc13. The van der Waals surface area contributed by atoms with Crippen LogP contribution in [-0.2, 0) is 10.8 Å². The van der Waals surface area contributed by atoms with Gasteiger partial charge in [0.1, 0.15) is 0 Å². The van der Waals surface area contributed by atoms with Crippen molar-refractivity contribution < 1.29 is 0 Å². The Morgan fingerprint density at radius 3 is 1.14 bits per heavy atom. The van der Waals surface area contributed by atoms with Crippen LogP contribution in [0.15, 0.2) is 249 Å². The maximum Gasteiger partial charge on any atom is 0.0726 e. The van der Waals surface area contributed by atoms with Crippen molar-refractivity contribution in [3.63, 3.8) is 0 Å². The molecule has 0 saturated heterocycles. The van der Waals surface area contributed by atoms with Crippen LogP contribution in [0.25, 0.3) is 93.8 Å². The summed E-state index contributed by atoms with van der Waals surface area (Å²) in [5.74, 6) is 0. The number of para-hydroxylation sites is 3. The summed E-state index contributed by atoms with van der Waals surface area (Å²) in [5.41, 5.74) is 27.3. The summed E-state index contributed by atoms with van der Waals surface area (Å²) in [4.78, 5) is 3.69. The topological polar surface area (TPSA) is 20.7 Å². The lowest BCUT2D eigenvalue weighted by molar-refractivity contribution is 0.794. The van der Waals surface area contributed by atoms with Crippen LogP contribution >= 0.6 is 0 Å². The average molecular weight is 887 g/mol. The third-order valence-corrected chi connectivity index (χ3v) is 16.4. The maximum absolute atomic E-state index is 3.69. The van der Waals surface area contributed by atoms with Crippen LogP contribution < -0.4 is 0 Å². The zero-order valence-corrected chi connectivity index (χ0v) is 38.1. The number of benzene rings is 11. The molecule has 2 aromatic heterocycles. The number of nitrogens with zero attached hydrogens (tertiary/aromatic N) is 1. The van der Waals surface area contributed by atoms with Gasteiger partial charge in [0, 0.05) is 38.3 Å². The van der Waals surface area contributed by atoms with Crippen molar-refractivity contribution in [2.75, 3.05) is 0 Å². The summed E-state index contributed by atoms with van der Waals surface area (Å²) in [5, 5.41) is 5.18. The summed E-state index contributed by atoms with van der Waals surface area (Å²) in [6.07, 6.45) is 0. The van der Waals surface area contributed by atoms with Gasteiger partial charge in [-0.1, -0.05) is 200 Å². The van der Waals surface area contributed by atoms with Gasteiger partial charge >= 0.3 is 0 Å². The van der Waals surface area contributed by atoms with E-state index in [9.17, 15) is 0 Å². The minimum Gasteiger partial charge on any atom is -0.355 e. The van der Waals surface area contributed by atoms with Gasteiger partial charge in [0.2, 0.25) is 0 Å². The minimum absolute atomic E-state index is 0.273.